The molecule has 1 unspecified atom stereocenters. The van der Waals surface area contributed by atoms with Gasteiger partial charge in [-0.2, -0.15) is 0 Å². The summed E-state index contributed by atoms with van der Waals surface area (Å²) in [6.45, 7) is 1.02. The first-order valence-corrected chi connectivity index (χ1v) is 5.67. The average molecular weight is 258 g/mol. The second kappa shape index (κ2) is 3.52. The maximum atomic E-state index is 11.3. The van der Waals surface area contributed by atoms with Gasteiger partial charge >= 0.3 is 0 Å². The third-order valence-electron chi connectivity index (χ3n) is 2.86. The number of benzene rings is 1. The highest BCUT2D eigenvalue weighted by atomic mass is 35.5. The Bertz CT molecular complexity index is 477. The van der Waals surface area contributed by atoms with Crippen molar-refractivity contribution < 1.29 is 4.79 Å². The molecule has 84 valence electrons. The van der Waals surface area contributed by atoms with E-state index in [0.717, 1.165) is 11.3 Å². The fourth-order valence-electron chi connectivity index (χ4n) is 2.07. The molecule has 2 heterocycles. The third kappa shape index (κ3) is 1.45. The average Bonchev–Trinajstić information content (AvgIpc) is 2.61. The van der Waals surface area contributed by atoms with Gasteiger partial charge < -0.3 is 10.6 Å². The molecule has 1 atom stereocenters. The van der Waals surface area contributed by atoms with E-state index in [0.29, 0.717) is 23.1 Å². The van der Waals surface area contributed by atoms with E-state index < -0.39 is 0 Å². The smallest absolute Gasteiger partial charge is 0.236 e. The largest absolute Gasteiger partial charge is 0.353 e. The van der Waals surface area contributed by atoms with Crippen LogP contribution in [0.5, 0.6) is 0 Å². The van der Waals surface area contributed by atoms with Gasteiger partial charge in [0.1, 0.15) is 0 Å². The van der Waals surface area contributed by atoms with E-state index in [-0.39, 0.29) is 12.2 Å². The maximum Gasteiger partial charge on any atom is 0.236 e. The molecule has 6 heteroatoms. The minimum absolute atomic E-state index is 0.0209. The zero-order valence-electron chi connectivity index (χ0n) is 8.26. The summed E-state index contributed by atoms with van der Waals surface area (Å²) in [6.07, 6.45) is -0.128. The molecule has 1 aromatic rings. The van der Waals surface area contributed by atoms with Gasteiger partial charge in [0.05, 0.1) is 16.6 Å². The first kappa shape index (κ1) is 10.2. The first-order valence-electron chi connectivity index (χ1n) is 4.92. The van der Waals surface area contributed by atoms with Crippen molar-refractivity contribution in [1.82, 2.24) is 10.2 Å². The molecule has 1 amide bonds. The Morgan fingerprint density at radius 2 is 2.06 bits per heavy atom. The van der Waals surface area contributed by atoms with Crippen molar-refractivity contribution in [2.75, 3.05) is 11.9 Å². The number of carbonyl (C=O) groups excluding carboxylic acids is 1. The lowest BCUT2D eigenvalue weighted by Gasteiger charge is -2.32. The quantitative estimate of drug-likeness (QED) is 0.743. The molecule has 16 heavy (non-hydrogen) atoms. The number of anilines is 1. The Labute approximate surface area is 103 Å². The third-order valence-corrected chi connectivity index (χ3v) is 3.70. The highest BCUT2D eigenvalue weighted by Crippen LogP contribution is 2.36. The SMILES string of the molecule is O=C1CN2Cc3c(ccc(Cl)c3Cl)NC2N1. The normalized spacial score (nSPS) is 23.4. The lowest BCUT2D eigenvalue weighted by Crippen LogP contribution is -2.45. The van der Waals surface area contributed by atoms with E-state index in [9.17, 15) is 4.79 Å². The van der Waals surface area contributed by atoms with Crippen LogP contribution in [0.2, 0.25) is 10.0 Å². The standard InChI is InChI=1S/C10H9Cl2N3O/c11-6-1-2-7-5(9(6)12)3-15-4-8(16)14-10(15)13-7/h1-2,10,13H,3-4H2,(H,14,16). The summed E-state index contributed by atoms with van der Waals surface area (Å²) in [5, 5.41) is 7.14. The fraction of sp³-hybridized carbons (Fsp3) is 0.300. The van der Waals surface area contributed by atoms with E-state index in [1.807, 2.05) is 11.0 Å². The molecule has 0 spiro atoms. The summed E-state index contributed by atoms with van der Waals surface area (Å²) < 4.78 is 0. The predicted molar refractivity (Wildman–Crippen MR) is 62.4 cm³/mol. The van der Waals surface area contributed by atoms with Crippen molar-refractivity contribution >= 4 is 34.8 Å². The Kier molecular flexibility index (Phi) is 2.24. The molecule has 2 aliphatic heterocycles. The molecule has 1 saturated heterocycles. The Morgan fingerprint density at radius 1 is 1.25 bits per heavy atom. The summed E-state index contributed by atoms with van der Waals surface area (Å²) >= 11 is 12.1. The van der Waals surface area contributed by atoms with Gasteiger partial charge in [0.2, 0.25) is 5.91 Å². The molecule has 2 aliphatic rings. The summed E-state index contributed by atoms with van der Waals surface area (Å²) in [5.41, 5.74) is 1.87. The van der Waals surface area contributed by atoms with E-state index in [1.54, 1.807) is 6.07 Å². The van der Waals surface area contributed by atoms with Crippen LogP contribution >= 0.6 is 23.2 Å². The molecular weight excluding hydrogens is 249 g/mol. The van der Waals surface area contributed by atoms with Crippen molar-refractivity contribution in [2.45, 2.75) is 12.8 Å². The number of nitrogens with one attached hydrogen (secondary N) is 2. The molecule has 0 radical (unpaired) electrons. The lowest BCUT2D eigenvalue weighted by molar-refractivity contribution is -0.118. The number of amides is 1. The van der Waals surface area contributed by atoms with Crippen LogP contribution < -0.4 is 10.6 Å². The van der Waals surface area contributed by atoms with Gasteiger partial charge in [-0.25, -0.2) is 0 Å². The number of carbonyl (C=O) groups is 1. The molecule has 1 aromatic carbocycles. The van der Waals surface area contributed by atoms with Crippen LogP contribution in [0.15, 0.2) is 12.1 Å². The molecule has 1 fully saturated rings. The molecule has 2 N–H and O–H groups in total. The van der Waals surface area contributed by atoms with Crippen LogP contribution in [0, 0.1) is 0 Å². The zero-order valence-corrected chi connectivity index (χ0v) is 9.77. The van der Waals surface area contributed by atoms with Gasteiger partial charge in [-0.05, 0) is 12.1 Å². The fourth-order valence-corrected chi connectivity index (χ4v) is 2.47. The number of nitrogens with zero attached hydrogens (tertiary/aromatic N) is 1. The molecule has 0 bridgehead atoms. The number of halogens is 2. The van der Waals surface area contributed by atoms with E-state index >= 15 is 0 Å². The van der Waals surface area contributed by atoms with Gasteiger partial charge in [0, 0.05) is 17.8 Å². The zero-order chi connectivity index (χ0) is 11.3. The molecule has 3 rings (SSSR count). The van der Waals surface area contributed by atoms with Crippen molar-refractivity contribution in [3.8, 4) is 0 Å². The summed E-state index contributed by atoms with van der Waals surface area (Å²) in [7, 11) is 0. The van der Waals surface area contributed by atoms with Crippen LogP contribution in [0.3, 0.4) is 0 Å². The second-order valence-corrected chi connectivity index (χ2v) is 4.69. The predicted octanol–water partition coefficient (Wildman–Crippen LogP) is 1.63. The van der Waals surface area contributed by atoms with Gasteiger partial charge in [-0.15, -0.1) is 0 Å². The highest BCUT2D eigenvalue weighted by Gasteiger charge is 2.34. The molecule has 4 nitrogen and oxygen atoms in total. The Balaban J connectivity index is 2.01. The lowest BCUT2D eigenvalue weighted by atomic mass is 10.1. The van der Waals surface area contributed by atoms with Crippen LogP contribution in [0.25, 0.3) is 0 Å². The van der Waals surface area contributed by atoms with Crippen molar-refractivity contribution in [3.05, 3.63) is 27.7 Å². The second-order valence-electron chi connectivity index (χ2n) is 3.91. The molecular formula is C10H9Cl2N3O. The van der Waals surface area contributed by atoms with E-state index in [1.165, 1.54) is 0 Å². The first-order chi connectivity index (χ1) is 7.65. The van der Waals surface area contributed by atoms with Crippen molar-refractivity contribution in [1.29, 1.82) is 0 Å². The number of rotatable bonds is 0. The summed E-state index contributed by atoms with van der Waals surface area (Å²) in [5.74, 6) is 0.0209. The molecule has 0 aromatic heterocycles. The van der Waals surface area contributed by atoms with Gasteiger partial charge in [0.15, 0.2) is 6.29 Å². The van der Waals surface area contributed by atoms with Gasteiger partial charge in [-0.1, -0.05) is 23.2 Å². The Hall–Kier alpha value is -0.970. The van der Waals surface area contributed by atoms with E-state index in [2.05, 4.69) is 10.6 Å². The monoisotopic (exact) mass is 257 g/mol. The Morgan fingerprint density at radius 3 is 2.88 bits per heavy atom. The maximum absolute atomic E-state index is 11.3. The summed E-state index contributed by atoms with van der Waals surface area (Å²) in [6, 6.07) is 3.63. The number of fused-ring (bicyclic) bond motifs is 2. The van der Waals surface area contributed by atoms with Gasteiger partial charge in [-0.3, -0.25) is 9.69 Å². The topological polar surface area (TPSA) is 44.4 Å². The number of hydrogen-bond acceptors (Lipinski definition) is 3. The molecule has 0 aliphatic carbocycles. The van der Waals surface area contributed by atoms with Crippen LogP contribution in [0.4, 0.5) is 5.69 Å². The van der Waals surface area contributed by atoms with E-state index in [4.69, 9.17) is 23.2 Å². The summed E-state index contributed by atoms with van der Waals surface area (Å²) in [4.78, 5) is 13.2. The van der Waals surface area contributed by atoms with Crippen LogP contribution in [-0.4, -0.2) is 23.6 Å². The van der Waals surface area contributed by atoms with Crippen molar-refractivity contribution in [3.63, 3.8) is 0 Å². The van der Waals surface area contributed by atoms with Gasteiger partial charge in [0.25, 0.3) is 0 Å². The molecule has 0 saturated carbocycles. The van der Waals surface area contributed by atoms with Crippen LogP contribution in [0.1, 0.15) is 5.56 Å². The minimum atomic E-state index is -0.128. The minimum Gasteiger partial charge on any atom is -0.353 e. The van der Waals surface area contributed by atoms with Crippen molar-refractivity contribution in [2.24, 2.45) is 0 Å². The number of hydrogen-bond donors (Lipinski definition) is 2. The highest BCUT2D eigenvalue weighted by molar-refractivity contribution is 6.42. The van der Waals surface area contributed by atoms with Crippen LogP contribution in [-0.2, 0) is 11.3 Å².